The van der Waals surface area contributed by atoms with Crippen molar-refractivity contribution in [1.82, 2.24) is 0 Å². The van der Waals surface area contributed by atoms with Crippen molar-refractivity contribution in [2.45, 2.75) is 0 Å². The largest absolute Gasteiger partial charge is 0.454 e. The SMILES string of the molecule is O=C(COC(=O)c1ccccc1NC(=O)c1ccc([N+](=O)[O-])cc1Cl)c1ccccc1. The lowest BCUT2D eigenvalue weighted by Crippen LogP contribution is -2.18. The van der Waals surface area contributed by atoms with E-state index < -0.39 is 23.4 Å². The number of benzene rings is 3. The number of ether oxygens (including phenoxy) is 1. The molecule has 0 spiro atoms. The van der Waals surface area contributed by atoms with Gasteiger partial charge in [-0.2, -0.15) is 0 Å². The number of anilines is 1. The van der Waals surface area contributed by atoms with Crippen molar-refractivity contribution in [3.8, 4) is 0 Å². The van der Waals surface area contributed by atoms with Crippen molar-refractivity contribution in [3.63, 3.8) is 0 Å². The fourth-order valence-corrected chi connectivity index (χ4v) is 2.94. The number of halogens is 1. The number of Topliss-reactive ketones (excluding diaryl/α,β-unsaturated/α-hetero) is 1. The normalized spacial score (nSPS) is 10.2. The van der Waals surface area contributed by atoms with Crippen LogP contribution in [0, 0.1) is 10.1 Å². The summed E-state index contributed by atoms with van der Waals surface area (Å²) < 4.78 is 5.10. The Morgan fingerprint density at radius 2 is 1.61 bits per heavy atom. The predicted molar refractivity (Wildman–Crippen MR) is 114 cm³/mol. The van der Waals surface area contributed by atoms with Crippen LogP contribution in [-0.2, 0) is 4.74 Å². The van der Waals surface area contributed by atoms with E-state index >= 15 is 0 Å². The van der Waals surface area contributed by atoms with Gasteiger partial charge < -0.3 is 10.1 Å². The number of non-ortho nitro benzene ring substituents is 1. The van der Waals surface area contributed by atoms with Gasteiger partial charge in [-0.25, -0.2) is 4.79 Å². The van der Waals surface area contributed by atoms with Crippen molar-refractivity contribution in [3.05, 3.63) is 105 Å². The minimum Gasteiger partial charge on any atom is -0.454 e. The molecule has 0 heterocycles. The number of esters is 1. The minimum atomic E-state index is -0.796. The number of carbonyl (C=O) groups excluding carboxylic acids is 3. The van der Waals surface area contributed by atoms with E-state index in [1.807, 2.05) is 0 Å². The summed E-state index contributed by atoms with van der Waals surface area (Å²) in [6.07, 6.45) is 0. The number of amides is 1. The van der Waals surface area contributed by atoms with Crippen LogP contribution in [-0.4, -0.2) is 29.2 Å². The van der Waals surface area contributed by atoms with Gasteiger partial charge in [0.15, 0.2) is 12.4 Å². The zero-order valence-corrected chi connectivity index (χ0v) is 16.7. The average Bonchev–Trinajstić information content (AvgIpc) is 2.78. The van der Waals surface area contributed by atoms with Gasteiger partial charge in [0.25, 0.3) is 11.6 Å². The summed E-state index contributed by atoms with van der Waals surface area (Å²) in [5.74, 6) is -1.83. The molecule has 0 aliphatic heterocycles. The third-order valence-corrected chi connectivity index (χ3v) is 4.55. The molecular weight excluding hydrogens is 424 g/mol. The number of nitrogens with zero attached hydrogens (tertiary/aromatic N) is 1. The number of rotatable bonds is 7. The van der Waals surface area contributed by atoms with Gasteiger partial charge in [0.05, 0.1) is 26.8 Å². The van der Waals surface area contributed by atoms with Gasteiger partial charge in [0.1, 0.15) is 0 Å². The molecule has 3 aromatic rings. The van der Waals surface area contributed by atoms with Crippen LogP contribution in [0.3, 0.4) is 0 Å². The number of nitro groups is 1. The summed E-state index contributed by atoms with van der Waals surface area (Å²) in [4.78, 5) is 47.4. The molecule has 3 rings (SSSR count). The van der Waals surface area contributed by atoms with Gasteiger partial charge in [0, 0.05) is 17.7 Å². The van der Waals surface area contributed by atoms with E-state index in [-0.39, 0.29) is 33.3 Å². The Bertz CT molecular complexity index is 1160. The maximum absolute atomic E-state index is 12.6. The lowest BCUT2D eigenvalue weighted by Gasteiger charge is -2.11. The van der Waals surface area contributed by atoms with Gasteiger partial charge in [-0.05, 0) is 18.2 Å². The summed E-state index contributed by atoms with van der Waals surface area (Å²) >= 11 is 5.99. The quantitative estimate of drug-likeness (QED) is 0.250. The molecule has 0 radical (unpaired) electrons. The van der Waals surface area contributed by atoms with Crippen LogP contribution in [0.25, 0.3) is 0 Å². The van der Waals surface area contributed by atoms with Gasteiger partial charge in [-0.1, -0.05) is 54.1 Å². The second-order valence-corrected chi connectivity index (χ2v) is 6.69. The standard InChI is InChI=1S/C22H15ClN2O6/c23-18-12-15(25(29)30)10-11-16(18)21(27)24-19-9-5-4-8-17(19)22(28)31-13-20(26)14-6-2-1-3-7-14/h1-12H,13H2,(H,24,27). The summed E-state index contributed by atoms with van der Waals surface area (Å²) in [6, 6.07) is 17.9. The summed E-state index contributed by atoms with van der Waals surface area (Å²) in [5.41, 5.74) is 0.321. The van der Waals surface area contributed by atoms with E-state index in [0.717, 1.165) is 12.1 Å². The van der Waals surface area contributed by atoms with Gasteiger partial charge >= 0.3 is 5.97 Å². The van der Waals surface area contributed by atoms with Crippen molar-refractivity contribution >= 4 is 40.6 Å². The molecule has 0 aliphatic carbocycles. The number of hydrogen-bond donors (Lipinski definition) is 1. The maximum Gasteiger partial charge on any atom is 0.340 e. The molecule has 0 saturated heterocycles. The molecule has 0 aromatic heterocycles. The first-order valence-electron chi connectivity index (χ1n) is 8.96. The number of nitrogens with one attached hydrogen (secondary N) is 1. The first-order valence-corrected chi connectivity index (χ1v) is 9.34. The molecule has 1 N–H and O–H groups in total. The molecule has 9 heteroatoms. The van der Waals surface area contributed by atoms with Crippen molar-refractivity contribution in [1.29, 1.82) is 0 Å². The van der Waals surface area contributed by atoms with Crippen LogP contribution in [0.15, 0.2) is 72.8 Å². The molecule has 0 saturated carbocycles. The van der Waals surface area contributed by atoms with E-state index in [4.69, 9.17) is 16.3 Å². The topological polar surface area (TPSA) is 116 Å². The number of nitro benzene ring substituents is 1. The molecular formula is C22H15ClN2O6. The smallest absolute Gasteiger partial charge is 0.340 e. The summed E-state index contributed by atoms with van der Waals surface area (Å²) in [6.45, 7) is -0.459. The van der Waals surface area contributed by atoms with E-state index in [1.54, 1.807) is 42.5 Å². The zero-order chi connectivity index (χ0) is 22.4. The fourth-order valence-electron chi connectivity index (χ4n) is 2.68. The monoisotopic (exact) mass is 438 g/mol. The summed E-state index contributed by atoms with van der Waals surface area (Å²) in [7, 11) is 0. The van der Waals surface area contributed by atoms with Crippen LogP contribution in [0.4, 0.5) is 11.4 Å². The van der Waals surface area contributed by atoms with E-state index in [9.17, 15) is 24.5 Å². The second kappa shape index (κ2) is 9.64. The first-order chi connectivity index (χ1) is 14.9. The van der Waals surface area contributed by atoms with E-state index in [1.165, 1.54) is 18.2 Å². The van der Waals surface area contributed by atoms with Gasteiger partial charge in [-0.15, -0.1) is 0 Å². The molecule has 156 valence electrons. The molecule has 1 amide bonds. The number of ketones is 1. The van der Waals surface area contributed by atoms with Gasteiger partial charge in [0.2, 0.25) is 0 Å². The average molecular weight is 439 g/mol. The third-order valence-electron chi connectivity index (χ3n) is 4.23. The molecule has 3 aromatic carbocycles. The van der Waals surface area contributed by atoms with Gasteiger partial charge in [-0.3, -0.25) is 19.7 Å². The Hall–Kier alpha value is -4.04. The van der Waals surface area contributed by atoms with Crippen molar-refractivity contribution in [2.75, 3.05) is 11.9 Å². The second-order valence-electron chi connectivity index (χ2n) is 6.29. The highest BCUT2D eigenvalue weighted by atomic mass is 35.5. The Morgan fingerprint density at radius 1 is 0.935 bits per heavy atom. The molecule has 0 bridgehead atoms. The highest BCUT2D eigenvalue weighted by molar-refractivity contribution is 6.34. The molecule has 31 heavy (non-hydrogen) atoms. The lowest BCUT2D eigenvalue weighted by molar-refractivity contribution is -0.384. The molecule has 8 nitrogen and oxygen atoms in total. The van der Waals surface area contributed by atoms with Crippen molar-refractivity contribution in [2.24, 2.45) is 0 Å². The van der Waals surface area contributed by atoms with Crippen LogP contribution < -0.4 is 5.32 Å². The van der Waals surface area contributed by atoms with Crippen LogP contribution in [0.5, 0.6) is 0 Å². The highest BCUT2D eigenvalue weighted by Crippen LogP contribution is 2.24. The molecule has 0 atom stereocenters. The Labute approximate surface area is 181 Å². The number of para-hydroxylation sites is 1. The number of carbonyl (C=O) groups is 3. The minimum absolute atomic E-state index is 0.00491. The predicted octanol–water partition coefficient (Wildman–Crippen LogP) is 4.54. The lowest BCUT2D eigenvalue weighted by atomic mass is 10.1. The third kappa shape index (κ3) is 5.31. The molecule has 0 aliphatic rings. The first kappa shape index (κ1) is 21.7. The van der Waals surface area contributed by atoms with Crippen LogP contribution in [0.1, 0.15) is 31.1 Å². The maximum atomic E-state index is 12.6. The van der Waals surface area contributed by atoms with Crippen LogP contribution >= 0.6 is 11.6 Å². The Kier molecular flexibility index (Phi) is 6.74. The fraction of sp³-hybridized carbons (Fsp3) is 0.0455. The number of hydrogen-bond acceptors (Lipinski definition) is 6. The summed E-state index contributed by atoms with van der Waals surface area (Å²) in [5, 5.41) is 13.2. The Balaban J connectivity index is 1.73. The van der Waals surface area contributed by atoms with Crippen LogP contribution in [0.2, 0.25) is 5.02 Å². The zero-order valence-electron chi connectivity index (χ0n) is 15.9. The van der Waals surface area contributed by atoms with E-state index in [0.29, 0.717) is 5.56 Å². The molecule has 0 fully saturated rings. The van der Waals surface area contributed by atoms with Crippen molar-refractivity contribution < 1.29 is 24.0 Å². The highest BCUT2D eigenvalue weighted by Gasteiger charge is 2.19. The Morgan fingerprint density at radius 3 is 2.29 bits per heavy atom. The van der Waals surface area contributed by atoms with E-state index in [2.05, 4.69) is 5.32 Å². The molecule has 0 unspecified atom stereocenters.